The lowest BCUT2D eigenvalue weighted by atomic mass is 9.88. The van der Waals surface area contributed by atoms with E-state index in [1.165, 1.54) is 21.3 Å². The number of carbonyl (C=O) groups is 1. The third kappa shape index (κ3) is 5.04. The summed E-state index contributed by atoms with van der Waals surface area (Å²) < 4.78 is 16.0. The predicted molar refractivity (Wildman–Crippen MR) is 121 cm³/mol. The number of ether oxygens (including phenoxy) is 3. The second-order valence-corrected chi connectivity index (χ2v) is 6.86. The van der Waals surface area contributed by atoms with Crippen molar-refractivity contribution in [1.29, 1.82) is 0 Å². The topological polar surface area (TPSA) is 69.2 Å². The van der Waals surface area contributed by atoms with Crippen LogP contribution in [0.2, 0.25) is 0 Å². The lowest BCUT2D eigenvalue weighted by Gasteiger charge is -2.18. The maximum absolute atomic E-state index is 12.8. The van der Waals surface area contributed by atoms with Crippen molar-refractivity contribution in [3.63, 3.8) is 0 Å². The van der Waals surface area contributed by atoms with Crippen LogP contribution in [0.1, 0.15) is 34.3 Å². The van der Waals surface area contributed by atoms with Crippen molar-refractivity contribution in [2.75, 3.05) is 21.3 Å². The molecule has 160 valence electrons. The number of hydrogen-bond donors (Lipinski definition) is 1. The number of amides is 1. The van der Waals surface area contributed by atoms with Gasteiger partial charge in [-0.3, -0.25) is 4.79 Å². The fraction of sp³-hybridized carbons (Fsp3) is 0.200. The summed E-state index contributed by atoms with van der Waals surface area (Å²) in [5.41, 5.74) is 5.96. The van der Waals surface area contributed by atoms with Crippen molar-refractivity contribution in [2.45, 2.75) is 12.8 Å². The van der Waals surface area contributed by atoms with Crippen LogP contribution < -0.4 is 19.6 Å². The summed E-state index contributed by atoms with van der Waals surface area (Å²) in [6.45, 7) is 1.90. The number of rotatable bonds is 8. The molecule has 1 amide bonds. The highest BCUT2D eigenvalue weighted by atomic mass is 16.5. The van der Waals surface area contributed by atoms with Crippen molar-refractivity contribution >= 4 is 11.6 Å². The van der Waals surface area contributed by atoms with Gasteiger partial charge < -0.3 is 14.2 Å². The molecule has 6 nitrogen and oxygen atoms in total. The van der Waals surface area contributed by atoms with Gasteiger partial charge in [0.25, 0.3) is 5.91 Å². The average molecular weight is 418 g/mol. The second kappa shape index (κ2) is 10.3. The van der Waals surface area contributed by atoms with Gasteiger partial charge in [0.1, 0.15) is 0 Å². The highest BCUT2D eigenvalue weighted by Crippen LogP contribution is 2.38. The monoisotopic (exact) mass is 418 g/mol. The van der Waals surface area contributed by atoms with Crippen LogP contribution >= 0.6 is 0 Å². The zero-order chi connectivity index (χ0) is 22.2. The first-order valence-electron chi connectivity index (χ1n) is 9.83. The molecule has 0 unspecified atom stereocenters. The first kappa shape index (κ1) is 21.9. The number of nitrogens with zero attached hydrogens (tertiary/aromatic N) is 1. The molecule has 0 bridgehead atoms. The average Bonchev–Trinajstić information content (AvgIpc) is 2.83. The summed E-state index contributed by atoms with van der Waals surface area (Å²) in [5.74, 6) is 0.772. The van der Waals surface area contributed by atoms with Crippen molar-refractivity contribution < 1.29 is 19.0 Å². The number of benzene rings is 3. The van der Waals surface area contributed by atoms with Gasteiger partial charge in [-0.25, -0.2) is 5.43 Å². The Hall–Kier alpha value is -3.80. The van der Waals surface area contributed by atoms with Crippen molar-refractivity contribution in [3.05, 3.63) is 89.5 Å². The zero-order valence-electron chi connectivity index (χ0n) is 18.1. The van der Waals surface area contributed by atoms with Crippen LogP contribution in [0.4, 0.5) is 0 Å². The summed E-state index contributed by atoms with van der Waals surface area (Å²) in [4.78, 5) is 12.8. The maximum atomic E-state index is 12.8. The molecule has 0 atom stereocenters. The third-order valence-electron chi connectivity index (χ3n) is 4.94. The Morgan fingerprint density at radius 3 is 1.71 bits per heavy atom. The molecule has 31 heavy (non-hydrogen) atoms. The van der Waals surface area contributed by atoms with Crippen LogP contribution in [0.15, 0.2) is 77.9 Å². The Kier molecular flexibility index (Phi) is 7.27. The molecule has 6 heteroatoms. The molecule has 3 aromatic rings. The Morgan fingerprint density at radius 2 is 1.29 bits per heavy atom. The van der Waals surface area contributed by atoms with Gasteiger partial charge in [-0.1, -0.05) is 60.7 Å². The predicted octanol–water partition coefficient (Wildman–Crippen LogP) is 4.65. The summed E-state index contributed by atoms with van der Waals surface area (Å²) >= 11 is 0. The maximum Gasteiger partial charge on any atom is 0.271 e. The molecular weight excluding hydrogens is 392 g/mol. The lowest BCUT2D eigenvalue weighted by Crippen LogP contribution is -2.22. The van der Waals surface area contributed by atoms with Crippen molar-refractivity contribution in [1.82, 2.24) is 5.43 Å². The Morgan fingerprint density at radius 1 is 0.806 bits per heavy atom. The SMILES string of the molecule is COc1cc(C(=O)N/N=C(\C)C(c2ccccc2)c2ccccc2)cc(OC)c1OC. The Labute approximate surface area is 182 Å². The first-order chi connectivity index (χ1) is 15.1. The van der Waals surface area contributed by atoms with Gasteiger partial charge in [0.2, 0.25) is 5.75 Å². The Balaban J connectivity index is 1.90. The standard InChI is InChI=1S/C25H26N2O4/c1-17(23(18-11-7-5-8-12-18)19-13-9-6-10-14-19)26-27-25(28)20-15-21(29-2)24(31-4)22(16-20)30-3/h5-16,23H,1-4H3,(H,27,28)/b26-17+. The van der Waals surface area contributed by atoms with Crippen LogP contribution in [0.25, 0.3) is 0 Å². The van der Waals surface area contributed by atoms with E-state index < -0.39 is 0 Å². The van der Waals surface area contributed by atoms with Crippen LogP contribution in [0, 0.1) is 0 Å². The highest BCUT2D eigenvalue weighted by Gasteiger charge is 2.19. The fourth-order valence-corrected chi connectivity index (χ4v) is 3.45. The molecule has 0 heterocycles. The van der Waals surface area contributed by atoms with E-state index in [2.05, 4.69) is 34.8 Å². The molecule has 0 aromatic heterocycles. The quantitative estimate of drug-likeness (QED) is 0.427. The largest absolute Gasteiger partial charge is 0.493 e. The summed E-state index contributed by atoms with van der Waals surface area (Å²) in [7, 11) is 4.53. The molecule has 0 spiro atoms. The molecule has 0 fully saturated rings. The molecule has 0 aliphatic carbocycles. The normalized spacial score (nSPS) is 11.2. The van der Waals surface area contributed by atoms with E-state index in [9.17, 15) is 4.79 Å². The van der Waals surface area contributed by atoms with Gasteiger partial charge in [-0.2, -0.15) is 5.10 Å². The summed E-state index contributed by atoms with van der Waals surface area (Å²) in [6.07, 6.45) is 0. The van der Waals surface area contributed by atoms with E-state index in [0.717, 1.165) is 16.8 Å². The Bertz CT molecular complexity index is 985. The summed E-state index contributed by atoms with van der Waals surface area (Å²) in [5, 5.41) is 4.41. The molecule has 0 aliphatic heterocycles. The molecular formula is C25H26N2O4. The fourth-order valence-electron chi connectivity index (χ4n) is 3.45. The van der Waals surface area contributed by atoms with Gasteiger partial charge >= 0.3 is 0 Å². The number of methoxy groups -OCH3 is 3. The summed E-state index contributed by atoms with van der Waals surface area (Å²) in [6, 6.07) is 23.3. The van der Waals surface area contributed by atoms with Crippen LogP contribution in [0.5, 0.6) is 17.2 Å². The molecule has 0 radical (unpaired) electrons. The van der Waals surface area contributed by atoms with E-state index >= 15 is 0 Å². The smallest absolute Gasteiger partial charge is 0.271 e. The van der Waals surface area contributed by atoms with Gasteiger partial charge in [0, 0.05) is 17.2 Å². The van der Waals surface area contributed by atoms with E-state index in [-0.39, 0.29) is 11.8 Å². The number of hydrogen-bond acceptors (Lipinski definition) is 5. The molecule has 3 rings (SSSR count). The molecule has 0 aliphatic rings. The van der Waals surface area contributed by atoms with Crippen LogP contribution in [-0.2, 0) is 0 Å². The minimum atomic E-state index is -0.376. The van der Waals surface area contributed by atoms with E-state index in [1.54, 1.807) is 12.1 Å². The second-order valence-electron chi connectivity index (χ2n) is 6.86. The van der Waals surface area contributed by atoms with E-state index in [1.807, 2.05) is 43.3 Å². The number of nitrogens with one attached hydrogen (secondary N) is 1. The van der Waals surface area contributed by atoms with Gasteiger partial charge in [-0.05, 0) is 30.2 Å². The first-order valence-corrected chi connectivity index (χ1v) is 9.83. The molecule has 3 aromatic carbocycles. The number of carbonyl (C=O) groups excluding carboxylic acids is 1. The lowest BCUT2D eigenvalue weighted by molar-refractivity contribution is 0.0954. The zero-order valence-corrected chi connectivity index (χ0v) is 18.1. The molecule has 0 saturated heterocycles. The van der Waals surface area contributed by atoms with Gasteiger partial charge in [0.15, 0.2) is 11.5 Å². The molecule has 1 N–H and O–H groups in total. The molecule has 0 saturated carbocycles. The van der Waals surface area contributed by atoms with Gasteiger partial charge in [0.05, 0.1) is 21.3 Å². The minimum absolute atomic E-state index is 0.0809. The van der Waals surface area contributed by atoms with Crippen molar-refractivity contribution in [2.24, 2.45) is 5.10 Å². The third-order valence-corrected chi connectivity index (χ3v) is 4.94. The van der Waals surface area contributed by atoms with E-state index in [4.69, 9.17) is 14.2 Å². The van der Waals surface area contributed by atoms with Gasteiger partial charge in [-0.15, -0.1) is 0 Å². The minimum Gasteiger partial charge on any atom is -0.493 e. The highest BCUT2D eigenvalue weighted by molar-refractivity contribution is 5.98. The van der Waals surface area contributed by atoms with Crippen molar-refractivity contribution in [3.8, 4) is 17.2 Å². The van der Waals surface area contributed by atoms with Crippen LogP contribution in [-0.4, -0.2) is 32.9 Å². The number of hydrazone groups is 1. The van der Waals surface area contributed by atoms with Crippen LogP contribution in [0.3, 0.4) is 0 Å². The van der Waals surface area contributed by atoms with E-state index in [0.29, 0.717) is 22.8 Å².